The summed E-state index contributed by atoms with van der Waals surface area (Å²) in [4.78, 5) is 11.7. The Morgan fingerprint density at radius 1 is 1.23 bits per heavy atom. The normalized spacial score (nSPS) is 17.3. The summed E-state index contributed by atoms with van der Waals surface area (Å²) in [6.45, 7) is 3.44. The number of piperidine rings is 1. The maximum atomic E-state index is 11.7. The molecule has 0 aromatic heterocycles. The molecule has 2 aromatic carbocycles. The third-order valence-corrected chi connectivity index (χ3v) is 4.47. The Kier molecular flexibility index (Phi) is 4.29. The van der Waals surface area contributed by atoms with Gasteiger partial charge in [-0.2, -0.15) is 0 Å². The van der Waals surface area contributed by atoms with Gasteiger partial charge < -0.3 is 15.7 Å². The number of phenolic OH excluding ortho intramolecular Hbond substituents is 1. The number of fused-ring (bicyclic) bond motifs is 1. The molecule has 2 aromatic rings. The summed E-state index contributed by atoms with van der Waals surface area (Å²) in [5, 5.41) is 19.0. The number of aromatic hydroxyl groups is 1. The molecule has 4 nitrogen and oxygen atoms in total. The van der Waals surface area contributed by atoms with Crippen LogP contribution in [0.25, 0.3) is 10.8 Å². The van der Waals surface area contributed by atoms with Crippen molar-refractivity contribution in [3.8, 4) is 5.75 Å². The van der Waals surface area contributed by atoms with E-state index >= 15 is 0 Å². The van der Waals surface area contributed by atoms with E-state index in [1.54, 1.807) is 6.07 Å². The maximum absolute atomic E-state index is 11.7. The summed E-state index contributed by atoms with van der Waals surface area (Å²) < 4.78 is 0. The van der Waals surface area contributed by atoms with Crippen molar-refractivity contribution in [2.45, 2.75) is 25.8 Å². The Labute approximate surface area is 130 Å². The molecule has 1 fully saturated rings. The number of hydrogen-bond acceptors (Lipinski definition) is 3. The summed E-state index contributed by atoms with van der Waals surface area (Å²) in [5.74, 6) is 0.536. The fraction of sp³-hybridized carbons (Fsp3) is 0.389. The van der Waals surface area contributed by atoms with Crippen LogP contribution in [0.15, 0.2) is 36.4 Å². The van der Waals surface area contributed by atoms with E-state index < -0.39 is 0 Å². The van der Waals surface area contributed by atoms with Crippen LogP contribution in [0.3, 0.4) is 0 Å². The minimum atomic E-state index is -0.148. The van der Waals surface area contributed by atoms with Gasteiger partial charge in [0.2, 0.25) is 5.91 Å². The van der Waals surface area contributed by atoms with Gasteiger partial charge >= 0.3 is 0 Å². The van der Waals surface area contributed by atoms with Gasteiger partial charge in [0, 0.05) is 12.5 Å². The smallest absolute Gasteiger partial charge is 0.217 e. The number of carbonyl (C=O) groups is 1. The maximum Gasteiger partial charge on any atom is 0.217 e. The molecular formula is C18H22N2O2. The van der Waals surface area contributed by atoms with Crippen molar-refractivity contribution >= 4 is 16.7 Å². The van der Waals surface area contributed by atoms with Crippen LogP contribution in [-0.2, 0) is 4.79 Å². The SMILES string of the molecule is CC(=O)NC(c1c(O)ccc2ccccc12)C1CCNCC1. The highest BCUT2D eigenvalue weighted by atomic mass is 16.3. The lowest BCUT2D eigenvalue weighted by Gasteiger charge is -2.32. The number of rotatable bonds is 3. The van der Waals surface area contributed by atoms with Crippen molar-refractivity contribution in [2.75, 3.05) is 13.1 Å². The third kappa shape index (κ3) is 2.92. The monoisotopic (exact) mass is 298 g/mol. The second-order valence-electron chi connectivity index (χ2n) is 5.99. The Hall–Kier alpha value is -2.07. The van der Waals surface area contributed by atoms with Crippen molar-refractivity contribution in [1.82, 2.24) is 10.6 Å². The molecule has 1 heterocycles. The standard InChI is InChI=1S/C18H22N2O2/c1-12(21)20-18(14-8-10-19-11-9-14)17-15-5-3-2-4-13(15)6-7-16(17)22/h2-7,14,18-19,22H,8-11H2,1H3,(H,20,21). The Morgan fingerprint density at radius 3 is 2.68 bits per heavy atom. The zero-order valence-electron chi connectivity index (χ0n) is 12.8. The largest absolute Gasteiger partial charge is 0.508 e. The van der Waals surface area contributed by atoms with Crippen LogP contribution in [0.1, 0.15) is 31.4 Å². The zero-order chi connectivity index (χ0) is 15.5. The van der Waals surface area contributed by atoms with Gasteiger partial charge in [-0.1, -0.05) is 30.3 Å². The molecule has 0 radical (unpaired) electrons. The van der Waals surface area contributed by atoms with Crippen molar-refractivity contribution < 1.29 is 9.90 Å². The molecule has 1 amide bonds. The molecule has 0 saturated carbocycles. The highest BCUT2D eigenvalue weighted by Gasteiger charge is 2.29. The van der Waals surface area contributed by atoms with Gasteiger partial charge in [-0.05, 0) is 48.7 Å². The molecule has 1 aliphatic rings. The molecule has 3 N–H and O–H groups in total. The van der Waals surface area contributed by atoms with E-state index in [0.29, 0.717) is 5.92 Å². The number of hydrogen-bond donors (Lipinski definition) is 3. The topological polar surface area (TPSA) is 61.4 Å². The van der Waals surface area contributed by atoms with Gasteiger partial charge in [0.25, 0.3) is 0 Å². The average molecular weight is 298 g/mol. The third-order valence-electron chi connectivity index (χ3n) is 4.47. The molecule has 1 aliphatic heterocycles. The van der Waals surface area contributed by atoms with Gasteiger partial charge in [-0.15, -0.1) is 0 Å². The zero-order valence-corrected chi connectivity index (χ0v) is 12.8. The highest BCUT2D eigenvalue weighted by molar-refractivity contribution is 5.88. The molecule has 1 atom stereocenters. The van der Waals surface area contributed by atoms with Gasteiger partial charge in [-0.25, -0.2) is 0 Å². The van der Waals surface area contributed by atoms with Crippen molar-refractivity contribution in [3.63, 3.8) is 0 Å². The van der Waals surface area contributed by atoms with Crippen molar-refractivity contribution in [3.05, 3.63) is 42.0 Å². The minimum Gasteiger partial charge on any atom is -0.508 e. The van der Waals surface area contributed by atoms with Gasteiger partial charge in [0.05, 0.1) is 6.04 Å². The predicted molar refractivity (Wildman–Crippen MR) is 87.8 cm³/mol. The van der Waals surface area contributed by atoms with Crippen molar-refractivity contribution in [1.29, 1.82) is 0 Å². The quantitative estimate of drug-likeness (QED) is 0.816. The molecule has 0 spiro atoms. The summed E-state index contributed by atoms with van der Waals surface area (Å²) in [7, 11) is 0. The minimum absolute atomic E-state index is 0.0594. The summed E-state index contributed by atoms with van der Waals surface area (Å²) >= 11 is 0. The first-order chi connectivity index (χ1) is 10.7. The fourth-order valence-electron chi connectivity index (χ4n) is 3.43. The van der Waals surface area contributed by atoms with Crippen molar-refractivity contribution in [2.24, 2.45) is 5.92 Å². The molecule has 3 rings (SSSR count). The van der Waals surface area contributed by atoms with Gasteiger partial charge in [-0.3, -0.25) is 4.79 Å². The van der Waals surface area contributed by atoms with E-state index in [2.05, 4.69) is 10.6 Å². The fourth-order valence-corrected chi connectivity index (χ4v) is 3.43. The Morgan fingerprint density at radius 2 is 1.95 bits per heavy atom. The first-order valence-corrected chi connectivity index (χ1v) is 7.85. The molecule has 0 bridgehead atoms. The second-order valence-corrected chi connectivity index (χ2v) is 5.99. The number of benzene rings is 2. The molecule has 116 valence electrons. The first-order valence-electron chi connectivity index (χ1n) is 7.85. The summed E-state index contributed by atoms with van der Waals surface area (Å²) in [6.07, 6.45) is 1.99. The second kappa shape index (κ2) is 6.36. The van der Waals surface area contributed by atoms with Crippen LogP contribution in [0.5, 0.6) is 5.75 Å². The number of amides is 1. The lowest BCUT2D eigenvalue weighted by Crippen LogP contribution is -2.38. The van der Waals surface area contributed by atoms with E-state index in [9.17, 15) is 9.90 Å². The van der Waals surface area contributed by atoms with Crippen LogP contribution in [0.2, 0.25) is 0 Å². The van der Waals surface area contributed by atoms with E-state index in [4.69, 9.17) is 0 Å². The van der Waals surface area contributed by atoms with E-state index in [1.807, 2.05) is 30.3 Å². The van der Waals surface area contributed by atoms with Gasteiger partial charge in [0.15, 0.2) is 0 Å². The van der Waals surface area contributed by atoms with Crippen LogP contribution in [-0.4, -0.2) is 24.1 Å². The molecule has 0 aliphatic carbocycles. The number of nitrogens with one attached hydrogen (secondary N) is 2. The Balaban J connectivity index is 2.10. The van der Waals surface area contributed by atoms with E-state index in [1.165, 1.54) is 6.92 Å². The van der Waals surface area contributed by atoms with Crippen LogP contribution >= 0.6 is 0 Å². The molecule has 22 heavy (non-hydrogen) atoms. The molecular weight excluding hydrogens is 276 g/mol. The lowest BCUT2D eigenvalue weighted by atomic mass is 9.83. The lowest BCUT2D eigenvalue weighted by molar-refractivity contribution is -0.120. The Bertz CT molecular complexity index is 678. The van der Waals surface area contributed by atoms with Crippen LogP contribution in [0.4, 0.5) is 0 Å². The number of carbonyl (C=O) groups excluding carboxylic acids is 1. The summed E-state index contributed by atoms with van der Waals surface area (Å²) in [6, 6.07) is 11.5. The number of phenols is 1. The average Bonchev–Trinajstić information content (AvgIpc) is 2.54. The predicted octanol–water partition coefficient (Wildman–Crippen LogP) is 2.72. The van der Waals surface area contributed by atoms with E-state index in [0.717, 1.165) is 42.3 Å². The van der Waals surface area contributed by atoms with E-state index in [-0.39, 0.29) is 17.7 Å². The molecule has 4 heteroatoms. The summed E-state index contributed by atoms with van der Waals surface area (Å²) in [5.41, 5.74) is 0.847. The van der Waals surface area contributed by atoms with Crippen LogP contribution < -0.4 is 10.6 Å². The first kappa shape index (κ1) is 14.9. The highest BCUT2D eigenvalue weighted by Crippen LogP contribution is 2.38. The van der Waals surface area contributed by atoms with Gasteiger partial charge in [0.1, 0.15) is 5.75 Å². The van der Waals surface area contributed by atoms with Crippen LogP contribution in [0, 0.1) is 5.92 Å². The molecule has 1 unspecified atom stereocenters. The molecule has 1 saturated heterocycles.